The number of allylic oxidation sites excluding steroid dienone is 1. The number of nitrogens with zero attached hydrogens (tertiary/aromatic N) is 2. The third kappa shape index (κ3) is 5.22. The Morgan fingerprint density at radius 1 is 1.32 bits per heavy atom. The van der Waals surface area contributed by atoms with Gasteiger partial charge in [0.25, 0.3) is 5.69 Å². The van der Waals surface area contributed by atoms with Gasteiger partial charge in [0.15, 0.2) is 8.32 Å². The summed E-state index contributed by atoms with van der Waals surface area (Å²) < 4.78 is 25.5. The van der Waals surface area contributed by atoms with E-state index in [0.29, 0.717) is 16.2 Å². The average Bonchev–Trinajstić information content (AvgIpc) is 3.05. The van der Waals surface area contributed by atoms with E-state index in [9.17, 15) is 19.3 Å². The van der Waals surface area contributed by atoms with Gasteiger partial charge in [-0.1, -0.05) is 20.8 Å². The fourth-order valence-electron chi connectivity index (χ4n) is 3.74. The highest BCUT2D eigenvalue weighted by molar-refractivity contribution is 8.04. The number of thioether (sulfide) groups is 1. The van der Waals surface area contributed by atoms with Crippen LogP contribution in [0.1, 0.15) is 39.7 Å². The number of fused-ring (bicyclic) bond motifs is 1. The van der Waals surface area contributed by atoms with Crippen LogP contribution < -0.4 is 0 Å². The number of β-lactam (4-membered cyclic amide) rings is 1. The number of halogens is 1. The molecule has 0 spiro atoms. The lowest BCUT2D eigenvalue weighted by Gasteiger charge is -2.48. The molecule has 0 N–H and O–H groups in total. The van der Waals surface area contributed by atoms with Gasteiger partial charge >= 0.3 is 0 Å². The summed E-state index contributed by atoms with van der Waals surface area (Å²) in [5, 5.41) is 10.8. The molecule has 1 amide bonds. The summed E-state index contributed by atoms with van der Waals surface area (Å²) >= 11 is 6.95. The van der Waals surface area contributed by atoms with Gasteiger partial charge in [0, 0.05) is 23.5 Å². The van der Waals surface area contributed by atoms with E-state index in [4.69, 9.17) is 21.4 Å². The van der Waals surface area contributed by atoms with Gasteiger partial charge in [0.05, 0.1) is 23.6 Å². The van der Waals surface area contributed by atoms with E-state index < -0.39 is 19.9 Å². The average molecular weight is 527 g/mol. The first kappa shape index (κ1) is 26.8. The maximum Gasteiger partial charge on any atom is 0.269 e. The Bertz CT molecular complexity index is 1010. The largest absolute Gasteiger partial charge is 0.477 e. The van der Waals surface area contributed by atoms with E-state index in [0.717, 1.165) is 0 Å². The molecule has 7 nitrogen and oxygen atoms in total. The quantitative estimate of drug-likeness (QED) is 0.129. The molecule has 0 aromatic heterocycles. The minimum Gasteiger partial charge on any atom is -0.477 e. The molecule has 2 aliphatic rings. The second-order valence-electron chi connectivity index (χ2n) is 10.0. The summed E-state index contributed by atoms with van der Waals surface area (Å²) in [5.74, 6) is -0.419. The Morgan fingerprint density at radius 2 is 1.94 bits per heavy atom. The van der Waals surface area contributed by atoms with Gasteiger partial charge in [0.2, 0.25) is 11.0 Å². The van der Waals surface area contributed by atoms with Gasteiger partial charge in [-0.15, -0.1) is 11.8 Å². The molecule has 186 valence electrons. The summed E-state index contributed by atoms with van der Waals surface area (Å²) in [6.45, 7) is 12.3. The molecule has 0 aliphatic carbocycles. The van der Waals surface area contributed by atoms with Crippen LogP contribution in [0.15, 0.2) is 34.9 Å². The number of hydrogen-bond acceptors (Lipinski definition) is 7. The molecule has 3 rings (SSSR count). The van der Waals surface area contributed by atoms with Crippen molar-refractivity contribution < 1.29 is 23.3 Å². The number of thiocarbonyl (C=S) groups is 1. The molecule has 1 aromatic rings. The number of carbonyl (C=O) groups is 1. The molecule has 0 unspecified atom stereocenters. The number of carbonyl (C=O) groups excluding carboxylic acids is 1. The first-order valence-corrected chi connectivity index (χ1v) is 15.3. The van der Waals surface area contributed by atoms with Crippen molar-refractivity contribution in [3.63, 3.8) is 0 Å². The number of nitro groups is 1. The third-order valence-electron chi connectivity index (χ3n) is 6.68. The van der Waals surface area contributed by atoms with Crippen molar-refractivity contribution in [2.75, 3.05) is 6.67 Å². The maximum absolute atomic E-state index is 13.3. The Kier molecular flexibility index (Phi) is 7.91. The molecule has 1 saturated heterocycles. The fourth-order valence-corrected chi connectivity index (χ4v) is 7.10. The van der Waals surface area contributed by atoms with E-state index in [1.165, 1.54) is 23.9 Å². The predicted molar refractivity (Wildman–Crippen MR) is 138 cm³/mol. The highest BCUT2D eigenvalue weighted by Crippen LogP contribution is 2.53. The number of ether oxygens (including phenoxy) is 1. The van der Waals surface area contributed by atoms with Crippen molar-refractivity contribution in [2.45, 2.75) is 70.3 Å². The van der Waals surface area contributed by atoms with Crippen LogP contribution in [0, 0.1) is 16.0 Å². The summed E-state index contributed by atoms with van der Waals surface area (Å²) in [7, 11) is -2.07. The Labute approximate surface area is 210 Å². The zero-order valence-corrected chi connectivity index (χ0v) is 22.9. The van der Waals surface area contributed by atoms with Crippen LogP contribution in [0.25, 0.3) is 0 Å². The zero-order chi connectivity index (χ0) is 25.4. The lowest BCUT2D eigenvalue weighted by Crippen LogP contribution is -2.62. The lowest BCUT2D eigenvalue weighted by atomic mass is 9.92. The minimum atomic E-state index is -2.07. The monoisotopic (exact) mass is 526 g/mol. The molecule has 0 bridgehead atoms. The molecule has 1 fully saturated rings. The van der Waals surface area contributed by atoms with E-state index in [-0.39, 0.29) is 52.1 Å². The molecule has 0 radical (unpaired) electrons. The van der Waals surface area contributed by atoms with Crippen LogP contribution in [0.2, 0.25) is 18.1 Å². The summed E-state index contributed by atoms with van der Waals surface area (Å²) in [4.78, 5) is 25.9. The van der Waals surface area contributed by atoms with Crippen LogP contribution in [0.3, 0.4) is 0 Å². The molecule has 2 aliphatic heterocycles. The van der Waals surface area contributed by atoms with Crippen LogP contribution in [0.5, 0.6) is 0 Å². The van der Waals surface area contributed by atoms with E-state index in [1.807, 2.05) is 6.92 Å². The Balaban J connectivity index is 1.71. The van der Waals surface area contributed by atoms with Gasteiger partial charge < -0.3 is 9.16 Å². The predicted octanol–water partition coefficient (Wildman–Crippen LogP) is 5.95. The van der Waals surface area contributed by atoms with Gasteiger partial charge in [-0.3, -0.25) is 24.2 Å². The minimum absolute atomic E-state index is 0.0134. The second kappa shape index (κ2) is 10.0. The van der Waals surface area contributed by atoms with Crippen molar-refractivity contribution in [2.24, 2.45) is 5.92 Å². The van der Waals surface area contributed by atoms with Crippen molar-refractivity contribution in [3.8, 4) is 0 Å². The third-order valence-corrected chi connectivity index (χ3v) is 13.0. The number of benzene rings is 1. The molecule has 3 atom stereocenters. The van der Waals surface area contributed by atoms with Gasteiger partial charge in [-0.2, -0.15) is 0 Å². The first-order chi connectivity index (χ1) is 15.8. The number of alkyl halides is 1. The molecule has 1 aromatic carbocycles. The normalized spacial score (nSPS) is 21.3. The second-order valence-corrected chi connectivity index (χ2v) is 16.4. The van der Waals surface area contributed by atoms with E-state index >= 15 is 0 Å². The molecule has 0 saturated carbocycles. The first-order valence-electron chi connectivity index (χ1n) is 11.2. The van der Waals surface area contributed by atoms with Crippen molar-refractivity contribution in [3.05, 3.63) is 50.5 Å². The summed E-state index contributed by atoms with van der Waals surface area (Å²) in [5.41, 5.74) is 1.15. The van der Waals surface area contributed by atoms with E-state index in [2.05, 4.69) is 33.9 Å². The van der Waals surface area contributed by atoms with Crippen molar-refractivity contribution in [1.29, 1.82) is 0 Å². The topological polar surface area (TPSA) is 81.9 Å². The molecular weight excluding hydrogens is 495 g/mol. The van der Waals surface area contributed by atoms with E-state index in [1.54, 1.807) is 17.0 Å². The smallest absolute Gasteiger partial charge is 0.269 e. The summed E-state index contributed by atoms with van der Waals surface area (Å²) in [6, 6.07) is 5.97. The number of nitro benzene ring substituents is 1. The van der Waals surface area contributed by atoms with Crippen molar-refractivity contribution in [1.82, 2.24) is 4.90 Å². The van der Waals surface area contributed by atoms with Gasteiger partial charge in [-0.25, -0.2) is 0 Å². The Morgan fingerprint density at radius 3 is 2.47 bits per heavy atom. The van der Waals surface area contributed by atoms with Crippen LogP contribution in [0.4, 0.5) is 10.1 Å². The molecular formula is C23H31FN2O5S2Si. The number of amides is 1. The zero-order valence-electron chi connectivity index (χ0n) is 20.3. The van der Waals surface area contributed by atoms with Gasteiger partial charge in [-0.05, 0) is 55.0 Å². The fraction of sp³-hybridized carbons (Fsp3) is 0.565. The number of hydrogen-bond donors (Lipinski definition) is 0. The van der Waals surface area contributed by atoms with Crippen LogP contribution >= 0.6 is 24.0 Å². The van der Waals surface area contributed by atoms with Crippen LogP contribution in [-0.2, 0) is 20.6 Å². The molecule has 11 heteroatoms. The highest BCUT2D eigenvalue weighted by Gasteiger charge is 2.58. The van der Waals surface area contributed by atoms with Crippen molar-refractivity contribution >= 4 is 48.9 Å². The number of rotatable bonds is 9. The maximum atomic E-state index is 13.3. The lowest BCUT2D eigenvalue weighted by molar-refractivity contribution is -0.384. The number of non-ortho nitro benzene ring substituents is 1. The molecule has 2 heterocycles. The molecule has 34 heavy (non-hydrogen) atoms. The SMILES string of the molecule is C[C@H](O[Si](C)(C)C(C)(C)C)[C@@H]1C(=O)N2C(C(=S)OCc3ccc([N+](=O)[O-])cc3)=C(CCF)S[C@H]12. The van der Waals surface area contributed by atoms with Crippen LogP contribution in [-0.4, -0.2) is 47.3 Å². The Hall–Kier alpha value is -1.82. The highest BCUT2D eigenvalue weighted by atomic mass is 32.2. The summed E-state index contributed by atoms with van der Waals surface area (Å²) in [6.07, 6.45) is -0.103. The van der Waals surface area contributed by atoms with Gasteiger partial charge in [0.1, 0.15) is 17.7 Å². The standard InChI is InChI=1S/C23H31FN2O5S2Si/c1-14(31-34(5,6)23(2,3)4)18-20(27)25-19(17(11-12-24)33-21(18)25)22(32)30-13-15-7-9-16(10-8-15)26(28)29/h7-10,14,18,21H,11-13H2,1-6H3/t14-,18+,21+/m0/s1.